The van der Waals surface area contributed by atoms with Crippen LogP contribution in [0.5, 0.6) is 0 Å². The molecular weight excluding hydrogens is 198 g/mol. The first-order valence-electron chi connectivity index (χ1n) is 4.11. The number of carbonyl (C=O) groups is 1. The summed E-state index contributed by atoms with van der Waals surface area (Å²) < 4.78 is 1.68. The Morgan fingerprint density at radius 1 is 1.57 bits per heavy atom. The number of hydrogen-bond donors (Lipinski definition) is 0. The lowest BCUT2D eigenvalue weighted by Gasteiger charge is -1.96. The summed E-state index contributed by atoms with van der Waals surface area (Å²) in [5, 5.41) is 5.76. The van der Waals surface area contributed by atoms with Crippen LogP contribution >= 0.6 is 11.3 Å². The predicted octanol–water partition coefficient (Wildman–Crippen LogP) is 1.42. The number of aryl methyl sites for hydroxylation is 1. The van der Waals surface area contributed by atoms with Crippen LogP contribution in [0.1, 0.15) is 21.7 Å². The van der Waals surface area contributed by atoms with Gasteiger partial charge in [-0.15, -0.1) is 11.3 Å². The van der Waals surface area contributed by atoms with Crippen LogP contribution in [0.4, 0.5) is 0 Å². The van der Waals surface area contributed by atoms with Crippen molar-refractivity contribution in [3.8, 4) is 0 Å². The van der Waals surface area contributed by atoms with Crippen LogP contribution in [-0.2, 0) is 7.05 Å². The van der Waals surface area contributed by atoms with Gasteiger partial charge in [0.05, 0.1) is 17.3 Å². The van der Waals surface area contributed by atoms with Crippen molar-refractivity contribution in [1.82, 2.24) is 14.8 Å². The van der Waals surface area contributed by atoms with Gasteiger partial charge < -0.3 is 0 Å². The highest BCUT2D eigenvalue weighted by Gasteiger charge is 2.15. The minimum atomic E-state index is -0.0585. The van der Waals surface area contributed by atoms with Gasteiger partial charge in [0, 0.05) is 18.1 Å². The Hall–Kier alpha value is -1.49. The van der Waals surface area contributed by atoms with E-state index in [4.69, 9.17) is 0 Å². The van der Waals surface area contributed by atoms with Crippen LogP contribution < -0.4 is 0 Å². The largest absolute Gasteiger partial charge is 0.287 e. The van der Waals surface area contributed by atoms with E-state index in [2.05, 4.69) is 10.1 Å². The van der Waals surface area contributed by atoms with Crippen molar-refractivity contribution < 1.29 is 4.79 Å². The lowest BCUT2D eigenvalue weighted by atomic mass is 10.1. The summed E-state index contributed by atoms with van der Waals surface area (Å²) in [5.74, 6) is -0.0585. The Morgan fingerprint density at radius 2 is 2.36 bits per heavy atom. The van der Waals surface area contributed by atoms with Crippen molar-refractivity contribution in [2.24, 2.45) is 7.05 Å². The van der Waals surface area contributed by atoms with Gasteiger partial charge in [-0.1, -0.05) is 0 Å². The van der Waals surface area contributed by atoms with E-state index in [0.717, 1.165) is 5.69 Å². The normalized spacial score (nSPS) is 10.4. The molecule has 2 aromatic rings. The maximum absolute atomic E-state index is 11.8. The molecule has 0 saturated heterocycles. The van der Waals surface area contributed by atoms with Crippen LogP contribution in [0, 0.1) is 6.92 Å². The molecule has 0 unspecified atom stereocenters. The molecule has 5 heteroatoms. The molecule has 4 nitrogen and oxygen atoms in total. The number of rotatable bonds is 2. The quantitative estimate of drug-likeness (QED) is 0.700. The van der Waals surface area contributed by atoms with E-state index >= 15 is 0 Å². The number of aromatic nitrogens is 3. The third kappa shape index (κ3) is 1.35. The SMILES string of the molecule is Cc1c(C(=O)c2cscn2)cnn1C. The number of thiazole rings is 1. The van der Waals surface area contributed by atoms with Crippen LogP contribution in [0.15, 0.2) is 17.1 Å². The molecule has 0 fully saturated rings. The highest BCUT2D eigenvalue weighted by Crippen LogP contribution is 2.12. The third-order valence-corrected chi connectivity index (χ3v) is 2.73. The molecule has 0 aliphatic carbocycles. The Morgan fingerprint density at radius 3 is 2.86 bits per heavy atom. The number of ketones is 1. The highest BCUT2D eigenvalue weighted by atomic mass is 32.1. The highest BCUT2D eigenvalue weighted by molar-refractivity contribution is 7.07. The van der Waals surface area contributed by atoms with Crippen LogP contribution in [-0.4, -0.2) is 20.5 Å². The number of nitrogens with zero attached hydrogens (tertiary/aromatic N) is 3. The van der Waals surface area contributed by atoms with Crippen molar-refractivity contribution >= 4 is 17.1 Å². The molecule has 72 valence electrons. The fourth-order valence-corrected chi connectivity index (χ4v) is 1.72. The van der Waals surface area contributed by atoms with E-state index in [1.807, 2.05) is 14.0 Å². The van der Waals surface area contributed by atoms with Crippen LogP contribution in [0.3, 0.4) is 0 Å². The molecule has 14 heavy (non-hydrogen) atoms. The van der Waals surface area contributed by atoms with E-state index in [9.17, 15) is 4.79 Å². The topological polar surface area (TPSA) is 47.8 Å². The molecule has 2 rings (SSSR count). The Balaban J connectivity index is 2.42. The lowest BCUT2D eigenvalue weighted by molar-refractivity contribution is 0.103. The van der Waals surface area contributed by atoms with Crippen molar-refractivity contribution in [3.63, 3.8) is 0 Å². The molecule has 2 aromatic heterocycles. The Kier molecular flexibility index (Phi) is 2.17. The molecule has 0 aliphatic rings. The number of hydrogen-bond acceptors (Lipinski definition) is 4. The van der Waals surface area contributed by atoms with Crippen LogP contribution in [0.2, 0.25) is 0 Å². The van der Waals surface area contributed by atoms with Gasteiger partial charge in [0.15, 0.2) is 0 Å². The van der Waals surface area contributed by atoms with Gasteiger partial charge in [-0.3, -0.25) is 9.48 Å². The molecule has 0 amide bonds. The molecule has 0 saturated carbocycles. The van der Waals surface area contributed by atoms with Gasteiger partial charge in [0.2, 0.25) is 5.78 Å². The minimum absolute atomic E-state index is 0.0585. The molecule has 0 N–H and O–H groups in total. The fourth-order valence-electron chi connectivity index (χ4n) is 1.18. The third-order valence-electron chi connectivity index (χ3n) is 2.14. The average Bonchev–Trinajstić information content (AvgIpc) is 2.77. The second-order valence-corrected chi connectivity index (χ2v) is 3.69. The summed E-state index contributed by atoms with van der Waals surface area (Å²) in [4.78, 5) is 15.8. The minimum Gasteiger partial charge on any atom is -0.287 e. The summed E-state index contributed by atoms with van der Waals surface area (Å²) in [6.07, 6.45) is 1.58. The van der Waals surface area contributed by atoms with E-state index in [1.54, 1.807) is 21.8 Å². The van der Waals surface area contributed by atoms with Gasteiger partial charge in [-0.05, 0) is 6.92 Å². The number of carbonyl (C=O) groups excluding carboxylic acids is 1. The van der Waals surface area contributed by atoms with Gasteiger partial charge in [-0.2, -0.15) is 5.10 Å². The van der Waals surface area contributed by atoms with Crippen LogP contribution in [0.25, 0.3) is 0 Å². The molecule has 0 aromatic carbocycles. The first-order valence-corrected chi connectivity index (χ1v) is 5.06. The van der Waals surface area contributed by atoms with Crippen molar-refractivity contribution in [2.75, 3.05) is 0 Å². The van der Waals surface area contributed by atoms with E-state index in [1.165, 1.54) is 11.3 Å². The molecule has 0 radical (unpaired) electrons. The first-order chi connectivity index (χ1) is 6.70. The van der Waals surface area contributed by atoms with Crippen molar-refractivity contribution in [3.05, 3.63) is 34.0 Å². The van der Waals surface area contributed by atoms with Gasteiger partial charge in [0.25, 0.3) is 0 Å². The first kappa shape index (κ1) is 9.08. The molecule has 2 heterocycles. The maximum atomic E-state index is 11.8. The molecule has 0 spiro atoms. The zero-order chi connectivity index (χ0) is 10.1. The Labute approximate surface area is 85.2 Å². The Bertz CT molecular complexity index is 458. The van der Waals surface area contributed by atoms with E-state index in [-0.39, 0.29) is 5.78 Å². The standard InChI is InChI=1S/C9H9N3OS/c1-6-7(3-11-12(6)2)9(13)8-4-14-5-10-8/h3-5H,1-2H3. The molecular formula is C9H9N3OS. The van der Waals surface area contributed by atoms with Gasteiger partial charge >= 0.3 is 0 Å². The average molecular weight is 207 g/mol. The second kappa shape index (κ2) is 3.34. The monoisotopic (exact) mass is 207 g/mol. The van der Waals surface area contributed by atoms with E-state index < -0.39 is 0 Å². The summed E-state index contributed by atoms with van der Waals surface area (Å²) in [5.41, 5.74) is 3.63. The fraction of sp³-hybridized carbons (Fsp3) is 0.222. The summed E-state index contributed by atoms with van der Waals surface area (Å²) >= 11 is 1.42. The molecule has 0 aliphatic heterocycles. The second-order valence-electron chi connectivity index (χ2n) is 2.97. The van der Waals surface area contributed by atoms with Gasteiger partial charge in [-0.25, -0.2) is 4.98 Å². The van der Waals surface area contributed by atoms with Crippen molar-refractivity contribution in [1.29, 1.82) is 0 Å². The summed E-state index contributed by atoms with van der Waals surface area (Å²) in [6, 6.07) is 0. The zero-order valence-corrected chi connectivity index (χ0v) is 8.71. The maximum Gasteiger partial charge on any atom is 0.215 e. The molecule has 0 atom stereocenters. The molecule has 0 bridgehead atoms. The lowest BCUT2D eigenvalue weighted by Crippen LogP contribution is -2.03. The van der Waals surface area contributed by atoms with Gasteiger partial charge in [0.1, 0.15) is 5.69 Å². The zero-order valence-electron chi connectivity index (χ0n) is 7.89. The van der Waals surface area contributed by atoms with Crippen molar-refractivity contribution in [2.45, 2.75) is 6.92 Å². The van der Waals surface area contributed by atoms with E-state index in [0.29, 0.717) is 11.3 Å². The summed E-state index contributed by atoms with van der Waals surface area (Å²) in [7, 11) is 1.81. The smallest absolute Gasteiger partial charge is 0.215 e. The predicted molar refractivity (Wildman–Crippen MR) is 53.5 cm³/mol. The summed E-state index contributed by atoms with van der Waals surface area (Å²) in [6.45, 7) is 1.87.